The Morgan fingerprint density at radius 2 is 1.63 bits per heavy atom. The lowest BCUT2D eigenvalue weighted by molar-refractivity contribution is -0.124. The van der Waals surface area contributed by atoms with Crippen molar-refractivity contribution < 1.29 is 31.9 Å². The van der Waals surface area contributed by atoms with Gasteiger partial charge in [0.1, 0.15) is 39.5 Å². The summed E-state index contributed by atoms with van der Waals surface area (Å²) in [5.74, 6) is 3.16. The fourth-order valence-corrected chi connectivity index (χ4v) is 9.27. The zero-order valence-electron chi connectivity index (χ0n) is 30.5. The van der Waals surface area contributed by atoms with Gasteiger partial charge >= 0.3 is 6.09 Å². The molecule has 280 valence electrons. The van der Waals surface area contributed by atoms with Gasteiger partial charge in [0.25, 0.3) is 0 Å². The number of oxazole rings is 1. The van der Waals surface area contributed by atoms with Crippen LogP contribution in [0.1, 0.15) is 106 Å². The minimum Gasteiger partial charge on any atom is -0.495 e. The molecule has 0 N–H and O–H groups in total. The number of methoxy groups -OCH3 is 1. The van der Waals surface area contributed by atoms with Crippen molar-refractivity contribution in [3.05, 3.63) is 54.0 Å². The second-order valence-corrected chi connectivity index (χ2v) is 17.6. The second kappa shape index (κ2) is 15.5. The molecule has 0 spiro atoms. The molecule has 7 rings (SSSR count). The molecule has 3 aromatic rings. The number of amides is 2. The molecule has 0 bridgehead atoms. The number of piperidine rings is 1. The van der Waals surface area contributed by atoms with Crippen molar-refractivity contribution in [1.82, 2.24) is 19.9 Å². The molecule has 1 aliphatic heterocycles. The molecule has 0 aromatic carbocycles. The summed E-state index contributed by atoms with van der Waals surface area (Å²) >= 11 is 0. The first-order chi connectivity index (χ1) is 25.1. The second-order valence-electron chi connectivity index (χ2n) is 15.3. The van der Waals surface area contributed by atoms with E-state index in [-0.39, 0.29) is 17.9 Å². The lowest BCUT2D eigenvalue weighted by Gasteiger charge is -2.36. The topological polar surface area (TPSA) is 145 Å². The standard InChI is InChI=1S/C39H51N5O7S/c1-25-35(49-2)15-14-33(41-25)27-6-4-26(5-7-27)23-44(36-22-30(16-19-40-36)34-24-50-37(42-34)28-8-9-28)38(45)29-10-12-31(13-11-29)51-39(46)43-20-17-32(18-21-43)52(3,47)48/h14-16,19,22,24,26-29,31-32H,4-13,17-18,20-21,23H2,1-3H3. The van der Waals surface area contributed by atoms with E-state index in [1.165, 1.54) is 6.26 Å². The number of likely N-dealkylation sites (tertiary alicyclic amines) is 1. The molecule has 3 aromatic heterocycles. The number of aryl methyl sites for hydroxylation is 1. The maximum atomic E-state index is 14.5. The first-order valence-corrected chi connectivity index (χ1v) is 20.9. The number of hydrogen-bond acceptors (Lipinski definition) is 10. The molecule has 2 amide bonds. The van der Waals surface area contributed by atoms with Crippen molar-refractivity contribution in [1.29, 1.82) is 0 Å². The largest absolute Gasteiger partial charge is 0.495 e. The van der Waals surface area contributed by atoms with Gasteiger partial charge in [-0.3, -0.25) is 14.7 Å². The SMILES string of the molecule is COc1ccc(C2CCC(CN(C(=O)C3CCC(OC(=O)N4CCC(S(C)(=O)=O)CC4)CC3)c3cc(-c4coc(C5CC5)n4)ccn3)CC2)nc1C. The van der Waals surface area contributed by atoms with Crippen LogP contribution in [0.25, 0.3) is 11.3 Å². The molecule has 0 atom stereocenters. The zero-order chi connectivity index (χ0) is 36.4. The maximum absolute atomic E-state index is 14.5. The van der Waals surface area contributed by atoms with E-state index in [0.29, 0.717) is 81.7 Å². The Hall–Kier alpha value is -4.00. The van der Waals surface area contributed by atoms with Gasteiger partial charge in [0, 0.05) is 61.1 Å². The number of rotatable bonds is 10. The quantitative estimate of drug-likeness (QED) is 0.217. The lowest BCUT2D eigenvalue weighted by atomic mass is 9.79. The van der Waals surface area contributed by atoms with Crippen LogP contribution in [0, 0.1) is 18.8 Å². The molecule has 52 heavy (non-hydrogen) atoms. The smallest absolute Gasteiger partial charge is 0.410 e. The third-order valence-electron chi connectivity index (χ3n) is 11.6. The van der Waals surface area contributed by atoms with Crippen molar-refractivity contribution in [3.8, 4) is 17.0 Å². The molecule has 13 heteroatoms. The predicted molar refractivity (Wildman–Crippen MR) is 196 cm³/mol. The van der Waals surface area contributed by atoms with E-state index < -0.39 is 21.2 Å². The summed E-state index contributed by atoms with van der Waals surface area (Å²) in [6.45, 7) is 3.31. The highest BCUT2D eigenvalue weighted by molar-refractivity contribution is 7.91. The Morgan fingerprint density at radius 3 is 2.29 bits per heavy atom. The van der Waals surface area contributed by atoms with E-state index >= 15 is 0 Å². The number of carbonyl (C=O) groups is 2. The minimum atomic E-state index is -3.12. The highest BCUT2D eigenvalue weighted by atomic mass is 32.2. The monoisotopic (exact) mass is 733 g/mol. The molecule has 4 fully saturated rings. The average Bonchev–Trinajstić information content (AvgIpc) is 3.89. The van der Waals surface area contributed by atoms with Crippen LogP contribution >= 0.6 is 0 Å². The Morgan fingerprint density at radius 1 is 0.923 bits per heavy atom. The molecule has 0 radical (unpaired) electrons. The van der Waals surface area contributed by atoms with Crippen LogP contribution in [-0.2, 0) is 19.4 Å². The Balaban J connectivity index is 1.01. The number of pyridine rings is 2. The van der Waals surface area contributed by atoms with Crippen molar-refractivity contribution in [2.24, 2.45) is 11.8 Å². The fraction of sp³-hybridized carbons (Fsp3) is 0.615. The fourth-order valence-electron chi connectivity index (χ4n) is 8.20. The molecule has 0 unspecified atom stereocenters. The van der Waals surface area contributed by atoms with Crippen molar-refractivity contribution in [3.63, 3.8) is 0 Å². The van der Waals surface area contributed by atoms with Gasteiger partial charge in [0.2, 0.25) is 5.91 Å². The first-order valence-electron chi connectivity index (χ1n) is 18.9. The Labute approximate surface area is 306 Å². The third-order valence-corrected chi connectivity index (χ3v) is 13.3. The van der Waals surface area contributed by atoms with E-state index in [1.54, 1.807) is 24.5 Å². The van der Waals surface area contributed by atoms with Crippen LogP contribution in [0.3, 0.4) is 0 Å². The van der Waals surface area contributed by atoms with Crippen LogP contribution in [0.5, 0.6) is 5.75 Å². The van der Waals surface area contributed by atoms with Crippen LogP contribution in [0.15, 0.2) is 41.1 Å². The van der Waals surface area contributed by atoms with Gasteiger partial charge in [0.05, 0.1) is 18.1 Å². The minimum absolute atomic E-state index is 0.0608. The van der Waals surface area contributed by atoms with Crippen molar-refractivity contribution >= 4 is 27.7 Å². The van der Waals surface area contributed by atoms with Gasteiger partial charge in [0.15, 0.2) is 5.89 Å². The summed E-state index contributed by atoms with van der Waals surface area (Å²) in [6, 6.07) is 7.96. The molecule has 12 nitrogen and oxygen atoms in total. The van der Waals surface area contributed by atoms with Gasteiger partial charge in [-0.2, -0.15) is 0 Å². The van der Waals surface area contributed by atoms with Crippen LogP contribution < -0.4 is 9.64 Å². The number of anilines is 1. The van der Waals surface area contributed by atoms with Gasteiger partial charge < -0.3 is 18.8 Å². The van der Waals surface area contributed by atoms with Crippen LogP contribution in [-0.4, -0.2) is 84.6 Å². The summed E-state index contributed by atoms with van der Waals surface area (Å²) in [5.41, 5.74) is 3.64. The Bertz CT molecular complexity index is 1840. The van der Waals surface area contributed by atoms with Crippen molar-refractivity contribution in [2.45, 2.75) is 107 Å². The summed E-state index contributed by atoms with van der Waals surface area (Å²) in [4.78, 5) is 45.2. The van der Waals surface area contributed by atoms with Gasteiger partial charge in [-0.05, 0) is 114 Å². The van der Waals surface area contributed by atoms with E-state index in [9.17, 15) is 18.0 Å². The maximum Gasteiger partial charge on any atom is 0.410 e. The number of ether oxygens (including phenoxy) is 2. The summed E-state index contributed by atoms with van der Waals surface area (Å²) in [7, 11) is -1.45. The predicted octanol–water partition coefficient (Wildman–Crippen LogP) is 6.84. The van der Waals surface area contributed by atoms with Gasteiger partial charge in [-0.1, -0.05) is 0 Å². The molecule has 4 heterocycles. The highest BCUT2D eigenvalue weighted by Crippen LogP contribution is 2.41. The normalized spacial score (nSPS) is 24.3. The van der Waals surface area contributed by atoms with Crippen molar-refractivity contribution in [2.75, 3.05) is 37.9 Å². The van der Waals surface area contributed by atoms with E-state index in [1.807, 2.05) is 30.0 Å². The molecule has 3 aliphatic carbocycles. The van der Waals surface area contributed by atoms with Crippen LogP contribution in [0.2, 0.25) is 0 Å². The highest BCUT2D eigenvalue weighted by Gasteiger charge is 2.36. The number of nitrogens with zero attached hydrogens (tertiary/aromatic N) is 5. The van der Waals surface area contributed by atoms with Gasteiger partial charge in [-0.25, -0.2) is 23.2 Å². The third kappa shape index (κ3) is 8.45. The average molecular weight is 734 g/mol. The number of hydrogen-bond donors (Lipinski definition) is 0. The van der Waals surface area contributed by atoms with E-state index in [0.717, 1.165) is 72.8 Å². The molecule has 4 aliphatic rings. The number of sulfone groups is 1. The van der Waals surface area contributed by atoms with E-state index in [4.69, 9.17) is 28.8 Å². The van der Waals surface area contributed by atoms with Crippen LogP contribution in [0.4, 0.5) is 10.6 Å². The lowest BCUT2D eigenvalue weighted by Crippen LogP contribution is -2.45. The summed E-state index contributed by atoms with van der Waals surface area (Å²) in [6.07, 6.45) is 13.5. The number of carbonyl (C=O) groups excluding carboxylic acids is 2. The summed E-state index contributed by atoms with van der Waals surface area (Å²) in [5, 5.41) is -0.405. The molecular formula is C39H51N5O7S. The zero-order valence-corrected chi connectivity index (χ0v) is 31.4. The summed E-state index contributed by atoms with van der Waals surface area (Å²) < 4.78 is 40.9. The molecular weight excluding hydrogens is 683 g/mol. The number of aromatic nitrogens is 3. The van der Waals surface area contributed by atoms with Gasteiger partial charge in [-0.15, -0.1) is 0 Å². The Kier molecular flexibility index (Phi) is 10.9. The first kappa shape index (κ1) is 36.4. The molecule has 3 saturated carbocycles. The van der Waals surface area contributed by atoms with E-state index in [2.05, 4.69) is 6.07 Å². The molecule has 1 saturated heterocycles.